The van der Waals surface area contributed by atoms with Crippen LogP contribution in [0, 0.1) is 17.5 Å². The Kier molecular flexibility index (Phi) is 8.90. The zero-order chi connectivity index (χ0) is 31.5. The number of pyridine rings is 1. The molecule has 2 aromatic carbocycles. The second-order valence-electron chi connectivity index (χ2n) is 10.7. The van der Waals surface area contributed by atoms with Crippen LogP contribution in [0.3, 0.4) is 0 Å². The lowest BCUT2D eigenvalue weighted by Gasteiger charge is -2.27. The van der Waals surface area contributed by atoms with Crippen LogP contribution in [0.5, 0.6) is 0 Å². The molecule has 0 atom stereocenters. The molecule has 0 saturated carbocycles. The Morgan fingerprint density at radius 3 is 2.39 bits per heavy atom. The standard InChI is InChI=1S/C32H29F3N8OS2/c33-22-8-6-20(18-26(22)41-46-29-23(34)4-3-5-24(29)35)28-30(45-32(40-28)43-12-1-2-13-43)25-10-11-36-31(39-25)38-21-7-9-27(37-19-21)42-14-16-44-17-15-42/h3-11,18-19,41H,1-2,12-17H2,(H,36,38,39). The fourth-order valence-corrected chi connectivity index (χ4v) is 7.08. The predicted octanol–water partition coefficient (Wildman–Crippen LogP) is 7.38. The summed E-state index contributed by atoms with van der Waals surface area (Å²) in [6.45, 7) is 4.77. The van der Waals surface area contributed by atoms with Crippen molar-refractivity contribution < 1.29 is 17.9 Å². The molecule has 5 heterocycles. The predicted molar refractivity (Wildman–Crippen MR) is 176 cm³/mol. The number of nitrogens with one attached hydrogen (secondary N) is 2. The highest BCUT2D eigenvalue weighted by molar-refractivity contribution is 8.00. The average Bonchev–Trinajstić information content (AvgIpc) is 3.78. The van der Waals surface area contributed by atoms with E-state index in [0.29, 0.717) is 48.1 Å². The van der Waals surface area contributed by atoms with Crippen LogP contribution >= 0.6 is 23.3 Å². The normalized spacial score (nSPS) is 14.9. The molecule has 2 N–H and O–H groups in total. The summed E-state index contributed by atoms with van der Waals surface area (Å²) < 4.78 is 51.6. The summed E-state index contributed by atoms with van der Waals surface area (Å²) >= 11 is 2.19. The molecule has 5 aromatic rings. The minimum absolute atomic E-state index is 0.0740. The van der Waals surface area contributed by atoms with E-state index in [2.05, 4.69) is 29.8 Å². The van der Waals surface area contributed by atoms with E-state index in [4.69, 9.17) is 14.7 Å². The summed E-state index contributed by atoms with van der Waals surface area (Å²) in [5, 5.41) is 4.09. The Bertz CT molecular complexity index is 1810. The van der Waals surface area contributed by atoms with Gasteiger partial charge >= 0.3 is 0 Å². The summed E-state index contributed by atoms with van der Waals surface area (Å²) in [4.78, 5) is 23.8. The lowest BCUT2D eigenvalue weighted by molar-refractivity contribution is 0.122. The van der Waals surface area contributed by atoms with Crippen molar-refractivity contribution in [1.82, 2.24) is 19.9 Å². The van der Waals surface area contributed by atoms with Crippen LogP contribution in [0.4, 0.5) is 41.4 Å². The van der Waals surface area contributed by atoms with Crippen LogP contribution in [0.15, 0.2) is 71.9 Å². The van der Waals surface area contributed by atoms with Gasteiger partial charge in [-0.25, -0.2) is 33.1 Å². The third kappa shape index (κ3) is 6.59. The molecule has 236 valence electrons. The van der Waals surface area contributed by atoms with E-state index in [1.54, 1.807) is 24.5 Å². The smallest absolute Gasteiger partial charge is 0.227 e. The molecule has 2 fully saturated rings. The summed E-state index contributed by atoms with van der Waals surface area (Å²) in [5.41, 5.74) is 2.72. The Hall–Kier alpha value is -4.40. The first kappa shape index (κ1) is 30.3. The minimum Gasteiger partial charge on any atom is -0.378 e. The molecule has 0 aliphatic carbocycles. The number of halogens is 3. The van der Waals surface area contributed by atoms with E-state index < -0.39 is 17.5 Å². The van der Waals surface area contributed by atoms with Crippen molar-refractivity contribution in [2.24, 2.45) is 0 Å². The van der Waals surface area contributed by atoms with Gasteiger partial charge < -0.3 is 24.6 Å². The van der Waals surface area contributed by atoms with E-state index in [1.807, 2.05) is 18.2 Å². The molecule has 14 heteroatoms. The number of rotatable bonds is 9. The average molecular weight is 663 g/mol. The number of benzene rings is 2. The first-order valence-electron chi connectivity index (χ1n) is 14.8. The van der Waals surface area contributed by atoms with Gasteiger partial charge in [-0.05, 0) is 73.3 Å². The van der Waals surface area contributed by atoms with Crippen LogP contribution in [-0.4, -0.2) is 59.3 Å². The van der Waals surface area contributed by atoms with Crippen molar-refractivity contribution in [2.45, 2.75) is 17.7 Å². The van der Waals surface area contributed by atoms with Gasteiger partial charge in [0.1, 0.15) is 23.3 Å². The summed E-state index contributed by atoms with van der Waals surface area (Å²) in [5.74, 6) is -0.749. The Morgan fingerprint density at radius 1 is 0.826 bits per heavy atom. The second kappa shape index (κ2) is 13.5. The highest BCUT2D eigenvalue weighted by atomic mass is 32.2. The van der Waals surface area contributed by atoms with E-state index in [9.17, 15) is 13.2 Å². The van der Waals surface area contributed by atoms with E-state index in [1.165, 1.54) is 23.5 Å². The molecule has 0 bridgehead atoms. The molecule has 2 aliphatic heterocycles. The van der Waals surface area contributed by atoms with Gasteiger partial charge in [-0.1, -0.05) is 17.4 Å². The summed E-state index contributed by atoms with van der Waals surface area (Å²) in [7, 11) is 0. The maximum Gasteiger partial charge on any atom is 0.227 e. The minimum atomic E-state index is -0.733. The molecule has 2 aliphatic rings. The van der Waals surface area contributed by atoms with E-state index >= 15 is 0 Å². The number of anilines is 5. The van der Waals surface area contributed by atoms with Gasteiger partial charge in [0.2, 0.25) is 5.95 Å². The fraction of sp³-hybridized carbons (Fsp3) is 0.250. The molecule has 3 aromatic heterocycles. The fourth-order valence-electron chi connectivity index (χ4n) is 5.27. The van der Waals surface area contributed by atoms with Crippen molar-refractivity contribution in [3.8, 4) is 21.8 Å². The summed E-state index contributed by atoms with van der Waals surface area (Å²) in [6, 6.07) is 13.9. The number of hydrogen-bond acceptors (Lipinski definition) is 11. The molecule has 0 amide bonds. The largest absolute Gasteiger partial charge is 0.378 e. The maximum atomic E-state index is 14.9. The number of aromatic nitrogens is 4. The number of thiazole rings is 1. The zero-order valence-corrected chi connectivity index (χ0v) is 26.2. The molecule has 7 rings (SSSR count). The van der Waals surface area contributed by atoms with Gasteiger partial charge in [-0.15, -0.1) is 0 Å². The van der Waals surface area contributed by atoms with Crippen LogP contribution in [0.1, 0.15) is 12.8 Å². The molecule has 0 unspecified atom stereocenters. The highest BCUT2D eigenvalue weighted by Crippen LogP contribution is 2.42. The molecule has 0 radical (unpaired) electrons. The van der Waals surface area contributed by atoms with Gasteiger partial charge in [0, 0.05) is 37.9 Å². The second-order valence-corrected chi connectivity index (χ2v) is 12.5. The molecule has 0 spiro atoms. The first-order valence-corrected chi connectivity index (χ1v) is 16.5. The number of morpholine rings is 1. The Labute approximate surface area is 272 Å². The van der Waals surface area contributed by atoms with Crippen LogP contribution in [-0.2, 0) is 4.74 Å². The molecular formula is C32H29F3N8OS2. The Balaban J connectivity index is 1.17. The highest BCUT2D eigenvalue weighted by Gasteiger charge is 2.23. The maximum absolute atomic E-state index is 14.9. The quantitative estimate of drug-likeness (QED) is 0.156. The van der Waals surface area contributed by atoms with Crippen LogP contribution in [0.2, 0.25) is 0 Å². The third-order valence-corrected chi connectivity index (χ3v) is 9.70. The van der Waals surface area contributed by atoms with Crippen molar-refractivity contribution in [2.75, 3.05) is 59.2 Å². The SMILES string of the molecule is Fc1ccc(-c2nc(N3CCCC3)sc2-c2ccnc(Nc3ccc(N4CCOCC4)nc3)n2)cc1NSc1c(F)cccc1F. The van der Waals surface area contributed by atoms with Crippen molar-refractivity contribution >= 4 is 51.6 Å². The molecule has 46 heavy (non-hydrogen) atoms. The van der Waals surface area contributed by atoms with E-state index in [0.717, 1.165) is 72.7 Å². The van der Waals surface area contributed by atoms with Crippen molar-refractivity contribution in [3.05, 3.63) is 84.4 Å². The van der Waals surface area contributed by atoms with Gasteiger partial charge in [-0.2, -0.15) is 0 Å². The lowest BCUT2D eigenvalue weighted by Crippen LogP contribution is -2.36. The van der Waals surface area contributed by atoms with Gasteiger partial charge in [0.15, 0.2) is 5.13 Å². The lowest BCUT2D eigenvalue weighted by atomic mass is 10.1. The first-order chi connectivity index (χ1) is 22.5. The number of nitrogens with zero attached hydrogens (tertiary/aromatic N) is 6. The van der Waals surface area contributed by atoms with Crippen LogP contribution < -0.4 is 19.8 Å². The third-order valence-electron chi connectivity index (χ3n) is 7.64. The van der Waals surface area contributed by atoms with Gasteiger partial charge in [-0.3, -0.25) is 0 Å². The van der Waals surface area contributed by atoms with Gasteiger partial charge in [0.05, 0.1) is 51.9 Å². The molecule has 9 nitrogen and oxygen atoms in total. The molecular weight excluding hydrogens is 634 g/mol. The molecule has 2 saturated heterocycles. The van der Waals surface area contributed by atoms with Crippen molar-refractivity contribution in [3.63, 3.8) is 0 Å². The Morgan fingerprint density at radius 2 is 1.63 bits per heavy atom. The van der Waals surface area contributed by atoms with E-state index in [-0.39, 0.29) is 10.6 Å². The topological polar surface area (TPSA) is 91.3 Å². The number of ether oxygens (including phenoxy) is 1. The monoisotopic (exact) mass is 662 g/mol. The zero-order valence-electron chi connectivity index (χ0n) is 24.5. The van der Waals surface area contributed by atoms with Crippen molar-refractivity contribution in [1.29, 1.82) is 0 Å². The number of hydrogen-bond donors (Lipinski definition) is 2. The van der Waals surface area contributed by atoms with Gasteiger partial charge in [0.25, 0.3) is 0 Å². The van der Waals surface area contributed by atoms with Crippen LogP contribution in [0.25, 0.3) is 21.8 Å². The summed E-state index contributed by atoms with van der Waals surface area (Å²) in [6.07, 6.45) is 5.59.